The highest BCUT2D eigenvalue weighted by molar-refractivity contribution is 7.85. The van der Waals surface area contributed by atoms with Crippen LogP contribution in [-0.4, -0.2) is 66.5 Å². The highest BCUT2D eigenvalue weighted by Crippen LogP contribution is 2.28. The van der Waals surface area contributed by atoms with E-state index in [9.17, 15) is 31.2 Å². The highest BCUT2D eigenvalue weighted by Gasteiger charge is 2.45. The van der Waals surface area contributed by atoms with E-state index in [0.717, 1.165) is 35.1 Å². The number of halogens is 3. The average molecular weight is 496 g/mol. The second-order valence-electron chi connectivity index (χ2n) is 7.45. The van der Waals surface area contributed by atoms with Gasteiger partial charge in [-0.15, -0.1) is 0 Å². The fourth-order valence-corrected chi connectivity index (χ4v) is 3.80. The van der Waals surface area contributed by atoms with Crippen molar-refractivity contribution in [1.29, 1.82) is 0 Å². The quantitative estimate of drug-likeness (QED) is 0.230. The van der Waals surface area contributed by atoms with Crippen molar-refractivity contribution in [3.05, 3.63) is 64.2 Å². The highest BCUT2D eigenvalue weighted by atomic mass is 32.2. The van der Waals surface area contributed by atoms with E-state index < -0.39 is 40.1 Å². The summed E-state index contributed by atoms with van der Waals surface area (Å²) in [5.41, 5.74) is 2.54. The molecule has 0 amide bonds. The Hall–Kier alpha value is -2.73. The van der Waals surface area contributed by atoms with E-state index in [1.807, 2.05) is 35.7 Å². The predicted molar refractivity (Wildman–Crippen MR) is 126 cm³/mol. The molecule has 0 spiro atoms. The molecule has 1 N–H and O–H groups in total. The molecule has 180 valence electrons. The lowest BCUT2D eigenvalue weighted by molar-refractivity contribution is -0.197. The van der Waals surface area contributed by atoms with E-state index in [1.54, 1.807) is 0 Å². The first-order valence-electron chi connectivity index (χ1n) is 10.5. The number of benzene rings is 2. The number of carbonyl (C=O) groups excluding carboxylic acids is 2. The molecule has 14 heteroatoms. The smallest absolute Gasteiger partial charge is 0.426 e. The summed E-state index contributed by atoms with van der Waals surface area (Å²) in [6.45, 7) is 0. The van der Waals surface area contributed by atoms with Crippen LogP contribution in [0, 0.1) is 0 Å². The van der Waals surface area contributed by atoms with Gasteiger partial charge >= 0.3 is 18.1 Å². The molecule has 0 heterocycles. The van der Waals surface area contributed by atoms with E-state index in [0.29, 0.717) is 18.4 Å². The number of alkyl halides is 3. The molecule has 0 fully saturated rings. The van der Waals surface area contributed by atoms with Gasteiger partial charge < -0.3 is 9.47 Å². The minimum absolute atomic E-state index is 0.0468. The van der Waals surface area contributed by atoms with Crippen molar-refractivity contribution < 1.29 is 45.2 Å². The van der Waals surface area contributed by atoms with Gasteiger partial charge in [0.2, 0.25) is 6.10 Å². The number of esters is 2. The van der Waals surface area contributed by atoms with Gasteiger partial charge in [-0.1, -0.05) is 36.7 Å². The van der Waals surface area contributed by atoms with Crippen LogP contribution in [0.25, 0.3) is 0 Å². The Morgan fingerprint density at radius 1 is 0.912 bits per heavy atom. The zero-order valence-electron chi connectivity index (χ0n) is 18.8. The zero-order valence-corrected chi connectivity index (χ0v) is 19.6. The number of hydrogen-bond acceptors (Lipinski definition) is 6. The van der Waals surface area contributed by atoms with Crippen molar-refractivity contribution in [3.63, 3.8) is 0 Å². The van der Waals surface area contributed by atoms with Gasteiger partial charge in [0.05, 0.1) is 11.1 Å². The van der Waals surface area contributed by atoms with Gasteiger partial charge in [-0.05, 0) is 35.4 Å². The Labute approximate surface area is 198 Å². The van der Waals surface area contributed by atoms with Crippen LogP contribution in [-0.2, 0) is 33.8 Å². The van der Waals surface area contributed by atoms with Crippen LogP contribution < -0.4 is 4.74 Å². The third-order valence-corrected chi connectivity index (χ3v) is 5.72. The van der Waals surface area contributed by atoms with Crippen molar-refractivity contribution in [2.24, 2.45) is 0 Å². The third-order valence-electron chi connectivity index (χ3n) is 5.00. The summed E-state index contributed by atoms with van der Waals surface area (Å²) in [5, 5.41) is 0. The Morgan fingerprint density at radius 2 is 1.38 bits per heavy atom. The maximum atomic E-state index is 13.0. The van der Waals surface area contributed by atoms with Crippen LogP contribution in [0.2, 0.25) is 0 Å². The maximum absolute atomic E-state index is 13.0. The lowest BCUT2D eigenvalue weighted by Gasteiger charge is -2.19. The summed E-state index contributed by atoms with van der Waals surface area (Å²) in [5.74, 6) is -3.56. The maximum Gasteiger partial charge on any atom is 0.426 e. The van der Waals surface area contributed by atoms with Crippen LogP contribution in [0.4, 0.5) is 13.2 Å². The summed E-state index contributed by atoms with van der Waals surface area (Å²) in [6.07, 6.45) is -6.16. The SMILES string of the molecule is BCc1cc(CB)c(OC(=O)c2ccc(C(=O)OC(CS(=O)(=O)O)C(F)(F)F)cc2)c(CB)c1. The van der Waals surface area contributed by atoms with E-state index in [2.05, 4.69) is 4.74 Å². The van der Waals surface area contributed by atoms with Gasteiger partial charge in [-0.2, -0.15) is 21.6 Å². The Balaban J connectivity index is 2.21. The molecule has 0 saturated carbocycles. The first-order valence-corrected chi connectivity index (χ1v) is 12.1. The number of carbonyl (C=O) groups is 2. The summed E-state index contributed by atoms with van der Waals surface area (Å²) in [4.78, 5) is 24.7. The summed E-state index contributed by atoms with van der Waals surface area (Å²) >= 11 is 0. The fraction of sp³-hybridized carbons (Fsp3) is 0.300. The molecular weight excluding hydrogens is 474 g/mol. The van der Waals surface area contributed by atoms with Gasteiger partial charge in [0.15, 0.2) is 0 Å². The Kier molecular flexibility index (Phi) is 9.01. The van der Waals surface area contributed by atoms with Crippen LogP contribution in [0.1, 0.15) is 37.4 Å². The van der Waals surface area contributed by atoms with E-state index in [4.69, 9.17) is 9.29 Å². The fourth-order valence-electron chi connectivity index (χ4n) is 3.16. The third kappa shape index (κ3) is 7.39. The molecule has 0 radical (unpaired) electrons. The molecule has 0 bridgehead atoms. The van der Waals surface area contributed by atoms with Gasteiger partial charge in [0.25, 0.3) is 10.1 Å². The van der Waals surface area contributed by atoms with Crippen LogP contribution in [0.5, 0.6) is 5.75 Å². The Bertz CT molecular complexity index is 1130. The van der Waals surface area contributed by atoms with Crippen molar-refractivity contribution in [3.8, 4) is 5.75 Å². The lowest BCUT2D eigenvalue weighted by atomic mass is 9.85. The lowest BCUT2D eigenvalue weighted by Crippen LogP contribution is -2.39. The molecule has 0 aliphatic rings. The summed E-state index contributed by atoms with van der Waals surface area (Å²) < 4.78 is 79.0. The second kappa shape index (κ2) is 11.1. The van der Waals surface area contributed by atoms with Gasteiger partial charge in [0, 0.05) is 0 Å². The Morgan fingerprint density at radius 3 is 1.76 bits per heavy atom. The molecule has 2 aromatic carbocycles. The molecule has 2 aromatic rings. The van der Waals surface area contributed by atoms with Crippen molar-refractivity contribution in [1.82, 2.24) is 0 Å². The topological polar surface area (TPSA) is 107 Å². The minimum Gasteiger partial charge on any atom is -0.448 e. The van der Waals surface area contributed by atoms with Gasteiger partial charge in [-0.3, -0.25) is 4.55 Å². The molecule has 0 aliphatic heterocycles. The summed E-state index contributed by atoms with van der Waals surface area (Å²) in [6, 6.07) is 8.40. The van der Waals surface area contributed by atoms with Crippen LogP contribution in [0.3, 0.4) is 0 Å². The molecule has 7 nitrogen and oxygen atoms in total. The van der Waals surface area contributed by atoms with Crippen molar-refractivity contribution >= 4 is 45.6 Å². The monoisotopic (exact) mass is 496 g/mol. The summed E-state index contributed by atoms with van der Waals surface area (Å²) in [7, 11) is 0.829. The molecule has 1 unspecified atom stereocenters. The molecule has 0 saturated heterocycles. The van der Waals surface area contributed by atoms with E-state index >= 15 is 0 Å². The van der Waals surface area contributed by atoms with Crippen molar-refractivity contribution in [2.75, 3.05) is 5.75 Å². The molecule has 1 atom stereocenters. The first kappa shape index (κ1) is 27.5. The van der Waals surface area contributed by atoms with Crippen LogP contribution >= 0.6 is 0 Å². The standard InChI is InChI=1S/C20H22B3F3O7S/c21-7-11-5-14(8-22)17(15(6-11)9-23)33-19(28)13-3-1-12(2-4-13)18(27)32-16(20(24,25)26)10-34(29,30)31/h1-6,16H,7-10,21-23H2,(H,29,30,31). The van der Waals surface area contributed by atoms with Gasteiger partial charge in [-0.25, -0.2) is 9.59 Å². The van der Waals surface area contributed by atoms with E-state index in [-0.39, 0.29) is 11.1 Å². The second-order valence-corrected chi connectivity index (χ2v) is 8.95. The normalized spacial score (nSPS) is 12.7. The van der Waals surface area contributed by atoms with Gasteiger partial charge in [0.1, 0.15) is 35.0 Å². The van der Waals surface area contributed by atoms with E-state index in [1.165, 1.54) is 12.1 Å². The number of ether oxygens (including phenoxy) is 2. The van der Waals surface area contributed by atoms with Crippen LogP contribution in [0.15, 0.2) is 36.4 Å². The first-order chi connectivity index (χ1) is 15.8. The number of hydrogen-bond donors (Lipinski definition) is 1. The largest absolute Gasteiger partial charge is 0.448 e. The zero-order chi connectivity index (χ0) is 25.7. The molecule has 2 rings (SSSR count). The van der Waals surface area contributed by atoms with Crippen molar-refractivity contribution in [2.45, 2.75) is 31.2 Å². The molecular formula is C20H22B3F3O7S. The number of rotatable bonds is 9. The minimum atomic E-state index is -5.21. The predicted octanol–water partition coefficient (Wildman–Crippen LogP) is 0.281. The average Bonchev–Trinajstić information content (AvgIpc) is 2.77. The molecule has 0 aromatic heterocycles. The molecule has 0 aliphatic carbocycles. The molecule has 34 heavy (non-hydrogen) atoms.